The first-order valence-electron chi connectivity index (χ1n) is 8.89. The van der Waals surface area contributed by atoms with Crippen molar-refractivity contribution in [2.24, 2.45) is 0 Å². The van der Waals surface area contributed by atoms with Crippen LogP contribution in [0.15, 0.2) is 35.3 Å². The van der Waals surface area contributed by atoms with Crippen molar-refractivity contribution in [3.05, 3.63) is 63.5 Å². The van der Waals surface area contributed by atoms with E-state index in [0.717, 1.165) is 11.1 Å². The van der Waals surface area contributed by atoms with Gasteiger partial charge in [0.05, 0.1) is 12.1 Å². The number of halogens is 1. The molecule has 2 aromatic heterocycles. The Morgan fingerprint density at radius 3 is 2.52 bits per heavy atom. The van der Waals surface area contributed by atoms with Crippen molar-refractivity contribution >= 4 is 16.8 Å². The fourth-order valence-electron chi connectivity index (χ4n) is 3.73. The lowest BCUT2D eigenvalue weighted by molar-refractivity contribution is 0.0747. The van der Waals surface area contributed by atoms with Gasteiger partial charge in [-0.25, -0.2) is 4.39 Å². The number of fused-ring (bicyclic) bond motifs is 3. The van der Waals surface area contributed by atoms with Gasteiger partial charge in [0.25, 0.3) is 11.5 Å². The maximum atomic E-state index is 13.1. The average molecular weight is 369 g/mol. The van der Waals surface area contributed by atoms with Crippen LogP contribution in [0, 0.1) is 5.82 Å². The van der Waals surface area contributed by atoms with Crippen LogP contribution in [-0.2, 0) is 19.5 Å². The summed E-state index contributed by atoms with van der Waals surface area (Å²) in [4.78, 5) is 27.2. The molecule has 7 heteroatoms. The Hall–Kier alpha value is -3.09. The second-order valence-corrected chi connectivity index (χ2v) is 6.87. The molecule has 1 aliphatic rings. The Labute approximate surface area is 155 Å². The molecule has 140 valence electrons. The van der Waals surface area contributed by atoms with Gasteiger partial charge in [-0.05, 0) is 29.7 Å². The monoisotopic (exact) mass is 369 g/mol. The van der Waals surface area contributed by atoms with Gasteiger partial charge in [0.1, 0.15) is 11.2 Å². The molecule has 0 spiro atoms. The van der Waals surface area contributed by atoms with E-state index < -0.39 is 0 Å². The third-order valence-corrected chi connectivity index (χ3v) is 5.18. The smallest absolute Gasteiger partial charge is 0.274 e. The van der Waals surface area contributed by atoms with Crippen LogP contribution in [-0.4, -0.2) is 38.6 Å². The molecule has 1 aliphatic heterocycles. The highest BCUT2D eigenvalue weighted by molar-refractivity contribution is 6.04. The predicted molar refractivity (Wildman–Crippen MR) is 99.7 cm³/mol. The van der Waals surface area contributed by atoms with E-state index >= 15 is 0 Å². The topological polar surface area (TPSA) is 67.5 Å². The Morgan fingerprint density at radius 2 is 1.85 bits per heavy atom. The first kappa shape index (κ1) is 17.3. The highest BCUT2D eigenvalue weighted by Crippen LogP contribution is 2.34. The first-order valence-corrected chi connectivity index (χ1v) is 8.89. The second kappa shape index (κ2) is 6.26. The van der Waals surface area contributed by atoms with Crippen LogP contribution in [0.5, 0.6) is 5.75 Å². The van der Waals surface area contributed by atoms with Crippen molar-refractivity contribution in [3.63, 3.8) is 0 Å². The third kappa shape index (κ3) is 2.61. The molecular formula is C20H20FN3O3. The van der Waals surface area contributed by atoms with Crippen LogP contribution in [0.1, 0.15) is 28.5 Å². The minimum Gasteiger partial charge on any atom is -0.505 e. The largest absolute Gasteiger partial charge is 0.505 e. The molecule has 1 N–H and O–H groups in total. The Bertz CT molecular complexity index is 1110. The van der Waals surface area contributed by atoms with Gasteiger partial charge in [-0.2, -0.15) is 0 Å². The van der Waals surface area contributed by atoms with E-state index in [9.17, 15) is 19.1 Å². The molecule has 6 nitrogen and oxygen atoms in total. The number of aromatic hydroxyl groups is 1. The van der Waals surface area contributed by atoms with E-state index in [1.54, 1.807) is 29.9 Å². The number of aromatic nitrogens is 2. The summed E-state index contributed by atoms with van der Waals surface area (Å²) in [6.07, 6.45) is 2.41. The van der Waals surface area contributed by atoms with E-state index in [2.05, 4.69) is 0 Å². The summed E-state index contributed by atoms with van der Waals surface area (Å²) < 4.78 is 16.4. The number of amides is 1. The lowest BCUT2D eigenvalue weighted by atomic mass is 10.1. The van der Waals surface area contributed by atoms with Gasteiger partial charge in [-0.3, -0.25) is 9.59 Å². The summed E-state index contributed by atoms with van der Waals surface area (Å²) in [6.45, 7) is 3.28. The van der Waals surface area contributed by atoms with E-state index in [1.165, 1.54) is 21.6 Å². The normalized spacial score (nSPS) is 14.0. The van der Waals surface area contributed by atoms with Gasteiger partial charge in [-0.15, -0.1) is 0 Å². The number of hydrogen-bond acceptors (Lipinski definition) is 3. The first-order chi connectivity index (χ1) is 12.9. The summed E-state index contributed by atoms with van der Waals surface area (Å²) >= 11 is 0. The number of hydrogen-bond donors (Lipinski definition) is 1. The van der Waals surface area contributed by atoms with Crippen LogP contribution in [0.25, 0.3) is 10.9 Å². The van der Waals surface area contributed by atoms with Gasteiger partial charge in [0.15, 0.2) is 11.4 Å². The van der Waals surface area contributed by atoms with E-state index in [1.807, 2.05) is 6.92 Å². The predicted octanol–water partition coefficient (Wildman–Crippen LogP) is 2.34. The molecular weight excluding hydrogens is 349 g/mol. The average Bonchev–Trinajstić information content (AvgIpc) is 2.96. The fraction of sp³-hybridized carbons (Fsp3) is 0.300. The van der Waals surface area contributed by atoms with Crippen LogP contribution in [0.4, 0.5) is 4.39 Å². The molecule has 0 saturated carbocycles. The highest BCUT2D eigenvalue weighted by atomic mass is 19.1. The van der Waals surface area contributed by atoms with Gasteiger partial charge in [0, 0.05) is 26.3 Å². The maximum absolute atomic E-state index is 13.1. The molecule has 0 unspecified atom stereocenters. The minimum absolute atomic E-state index is 0.171. The summed E-state index contributed by atoms with van der Waals surface area (Å²) in [5.41, 5.74) is 2.10. The summed E-state index contributed by atoms with van der Waals surface area (Å²) in [5, 5.41) is 10.9. The van der Waals surface area contributed by atoms with Crippen LogP contribution >= 0.6 is 0 Å². The van der Waals surface area contributed by atoms with Crippen molar-refractivity contribution < 1.29 is 14.3 Å². The number of pyridine rings is 1. The number of nitrogens with zero attached hydrogens (tertiary/aromatic N) is 3. The van der Waals surface area contributed by atoms with Crippen LogP contribution in [0.3, 0.4) is 0 Å². The molecule has 0 bridgehead atoms. The Balaban J connectivity index is 1.95. The van der Waals surface area contributed by atoms with E-state index in [-0.39, 0.29) is 40.7 Å². The minimum atomic E-state index is -0.360. The highest BCUT2D eigenvalue weighted by Gasteiger charge is 2.31. The van der Waals surface area contributed by atoms with Crippen molar-refractivity contribution in [3.8, 4) is 5.75 Å². The number of likely N-dealkylation sites (N-methyl/N-ethyl adjacent to an activating group) is 1. The van der Waals surface area contributed by atoms with Crippen LogP contribution < -0.4 is 5.56 Å². The zero-order valence-electron chi connectivity index (χ0n) is 15.2. The molecule has 1 amide bonds. The van der Waals surface area contributed by atoms with E-state index in [0.29, 0.717) is 25.0 Å². The molecule has 27 heavy (non-hydrogen) atoms. The SMILES string of the molecule is CCc1cn(Cc2ccc(F)cc2)c(=O)c2c(O)c3n(c12)CCN(C)C3=O. The molecule has 0 atom stereocenters. The lowest BCUT2D eigenvalue weighted by Gasteiger charge is -2.25. The second-order valence-electron chi connectivity index (χ2n) is 6.87. The molecule has 3 aromatic rings. The molecule has 3 heterocycles. The Kier molecular flexibility index (Phi) is 4.02. The quantitative estimate of drug-likeness (QED) is 0.771. The third-order valence-electron chi connectivity index (χ3n) is 5.18. The van der Waals surface area contributed by atoms with Gasteiger partial charge < -0.3 is 19.1 Å². The molecule has 0 aliphatic carbocycles. The molecule has 4 rings (SSSR count). The summed E-state index contributed by atoms with van der Waals surface area (Å²) in [7, 11) is 1.68. The van der Waals surface area contributed by atoms with Gasteiger partial charge >= 0.3 is 0 Å². The molecule has 0 radical (unpaired) electrons. The van der Waals surface area contributed by atoms with Crippen molar-refractivity contribution in [2.45, 2.75) is 26.4 Å². The van der Waals surface area contributed by atoms with Crippen LogP contribution in [0.2, 0.25) is 0 Å². The van der Waals surface area contributed by atoms with Crippen molar-refractivity contribution in [1.29, 1.82) is 0 Å². The van der Waals surface area contributed by atoms with Gasteiger partial charge in [-0.1, -0.05) is 19.1 Å². The number of carbonyl (C=O) groups is 1. The number of rotatable bonds is 3. The zero-order valence-corrected chi connectivity index (χ0v) is 15.2. The van der Waals surface area contributed by atoms with E-state index in [4.69, 9.17) is 0 Å². The lowest BCUT2D eigenvalue weighted by Crippen LogP contribution is -2.37. The van der Waals surface area contributed by atoms with Crippen molar-refractivity contribution in [1.82, 2.24) is 14.0 Å². The maximum Gasteiger partial charge on any atom is 0.274 e. The summed E-state index contributed by atoms with van der Waals surface area (Å²) in [5.74, 6) is -0.882. The number of aryl methyl sites for hydroxylation is 1. The number of benzene rings is 1. The Morgan fingerprint density at radius 1 is 1.15 bits per heavy atom. The molecule has 0 fully saturated rings. The molecule has 0 saturated heterocycles. The summed E-state index contributed by atoms with van der Waals surface area (Å²) in [6, 6.07) is 5.95. The van der Waals surface area contributed by atoms with Crippen molar-refractivity contribution in [2.75, 3.05) is 13.6 Å². The molecule has 1 aromatic carbocycles. The zero-order chi connectivity index (χ0) is 19.3. The fourth-order valence-corrected chi connectivity index (χ4v) is 3.73. The number of carbonyl (C=O) groups excluding carboxylic acids is 1. The van der Waals surface area contributed by atoms with Gasteiger partial charge in [0.2, 0.25) is 0 Å². The standard InChI is InChI=1S/C20H20FN3O3/c1-3-13-11-23(10-12-4-6-14(21)7-5-12)19(26)15-16(13)24-9-8-22(2)20(27)17(24)18(15)25/h4-7,11,25H,3,8-10H2,1-2H3.